The van der Waals surface area contributed by atoms with Gasteiger partial charge in [-0.3, -0.25) is 20.2 Å². The monoisotopic (exact) mass is 516 g/mol. The summed E-state index contributed by atoms with van der Waals surface area (Å²) in [7, 11) is 1.43. The molecule has 2 N–H and O–H groups in total. The Bertz CT molecular complexity index is 1440. The van der Waals surface area contributed by atoms with E-state index in [4.69, 9.17) is 18.6 Å². The van der Waals surface area contributed by atoms with Crippen LogP contribution in [0.5, 0.6) is 17.2 Å². The van der Waals surface area contributed by atoms with E-state index in [1.165, 1.54) is 13.4 Å². The van der Waals surface area contributed by atoms with E-state index in [-0.39, 0.29) is 18.8 Å². The minimum absolute atomic E-state index is 0.0534. The van der Waals surface area contributed by atoms with E-state index in [2.05, 4.69) is 30.8 Å². The number of methoxy groups -OCH3 is 1. The van der Waals surface area contributed by atoms with Crippen molar-refractivity contribution in [3.8, 4) is 40.2 Å². The first-order chi connectivity index (χ1) is 18.5. The molecule has 5 rings (SSSR count). The molecule has 192 valence electrons. The van der Waals surface area contributed by atoms with Crippen LogP contribution in [0.2, 0.25) is 0 Å². The maximum Gasteiger partial charge on any atom is 0.328 e. The first-order valence-corrected chi connectivity index (χ1v) is 11.3. The van der Waals surface area contributed by atoms with Gasteiger partial charge in [-0.1, -0.05) is 0 Å². The zero-order chi connectivity index (χ0) is 26.5. The van der Waals surface area contributed by atoms with Crippen molar-refractivity contribution in [1.29, 1.82) is 0 Å². The van der Waals surface area contributed by atoms with E-state index in [1.54, 1.807) is 60.9 Å². The lowest BCUT2D eigenvalue weighted by Crippen LogP contribution is -2.69. The molecule has 0 radical (unpaired) electrons. The molecule has 0 unspecified atom stereocenters. The van der Waals surface area contributed by atoms with Crippen molar-refractivity contribution < 1.29 is 33.0 Å². The molecule has 3 heterocycles. The van der Waals surface area contributed by atoms with Gasteiger partial charge in [0.15, 0.2) is 0 Å². The van der Waals surface area contributed by atoms with Gasteiger partial charge in [-0.15, -0.1) is 10.2 Å². The average Bonchev–Trinajstić information content (AvgIpc) is 3.42. The molecular weight excluding hydrogens is 496 g/mol. The van der Waals surface area contributed by atoms with Crippen LogP contribution in [0.4, 0.5) is 4.79 Å². The predicted molar refractivity (Wildman–Crippen MR) is 129 cm³/mol. The summed E-state index contributed by atoms with van der Waals surface area (Å²) < 4.78 is 22.4. The van der Waals surface area contributed by atoms with E-state index >= 15 is 0 Å². The second-order valence-electron chi connectivity index (χ2n) is 8.05. The highest BCUT2D eigenvalue weighted by Gasteiger charge is 2.52. The summed E-state index contributed by atoms with van der Waals surface area (Å²) in [4.78, 5) is 44.5. The first-order valence-electron chi connectivity index (χ1n) is 11.3. The second kappa shape index (κ2) is 10.4. The number of urea groups is 1. The number of benzene rings is 2. The second-order valence-corrected chi connectivity index (χ2v) is 8.05. The SMILES string of the molecule is COCCC1(Oc2ccc(Oc3ccc(-c4nnc(-c5cncnc5)o4)cc3)cc2)C(=O)NC(=O)NC1=O. The fourth-order valence-electron chi connectivity index (χ4n) is 3.60. The first kappa shape index (κ1) is 24.5. The van der Waals surface area contributed by atoms with Gasteiger partial charge in [-0.05, 0) is 48.5 Å². The average molecular weight is 516 g/mol. The Hall–Kier alpha value is -5.17. The van der Waals surface area contributed by atoms with Crippen molar-refractivity contribution >= 4 is 17.8 Å². The van der Waals surface area contributed by atoms with Gasteiger partial charge in [0.1, 0.15) is 23.6 Å². The van der Waals surface area contributed by atoms with Crippen LogP contribution in [0.1, 0.15) is 6.42 Å². The fourth-order valence-corrected chi connectivity index (χ4v) is 3.60. The van der Waals surface area contributed by atoms with Gasteiger partial charge in [-0.25, -0.2) is 14.8 Å². The van der Waals surface area contributed by atoms with Crippen LogP contribution in [0.25, 0.3) is 22.9 Å². The van der Waals surface area contributed by atoms with Gasteiger partial charge < -0.3 is 18.6 Å². The Balaban J connectivity index is 1.26. The molecule has 4 aromatic rings. The lowest BCUT2D eigenvalue weighted by Gasteiger charge is -2.34. The zero-order valence-electron chi connectivity index (χ0n) is 19.9. The lowest BCUT2D eigenvalue weighted by atomic mass is 9.95. The van der Waals surface area contributed by atoms with Gasteiger partial charge in [-0.2, -0.15) is 0 Å². The number of carbonyl (C=O) groups excluding carboxylic acids is 3. The molecule has 13 heteroatoms. The fraction of sp³-hybridized carbons (Fsp3) is 0.160. The normalized spacial score (nSPS) is 14.5. The van der Waals surface area contributed by atoms with Crippen LogP contribution in [0.15, 0.2) is 71.7 Å². The summed E-state index contributed by atoms with van der Waals surface area (Å²) in [5, 5.41) is 12.2. The summed E-state index contributed by atoms with van der Waals surface area (Å²) in [6.45, 7) is 0.0534. The molecule has 1 fully saturated rings. The number of rotatable bonds is 9. The van der Waals surface area contributed by atoms with E-state index < -0.39 is 23.4 Å². The molecular formula is C25H20N6O7. The summed E-state index contributed by atoms with van der Waals surface area (Å²) in [5.74, 6) is 0.148. The Morgan fingerprint density at radius 2 is 1.34 bits per heavy atom. The van der Waals surface area contributed by atoms with Crippen LogP contribution in [0, 0.1) is 0 Å². The van der Waals surface area contributed by atoms with Gasteiger partial charge in [0, 0.05) is 31.5 Å². The van der Waals surface area contributed by atoms with Gasteiger partial charge >= 0.3 is 6.03 Å². The van der Waals surface area contributed by atoms with Crippen molar-refractivity contribution in [2.24, 2.45) is 0 Å². The Morgan fingerprint density at radius 3 is 1.95 bits per heavy atom. The highest BCUT2D eigenvalue weighted by Crippen LogP contribution is 2.30. The van der Waals surface area contributed by atoms with E-state index in [1.807, 2.05) is 0 Å². The van der Waals surface area contributed by atoms with E-state index in [0.29, 0.717) is 34.4 Å². The molecule has 0 aliphatic carbocycles. The van der Waals surface area contributed by atoms with Crippen LogP contribution in [-0.2, 0) is 14.3 Å². The minimum atomic E-state index is -1.95. The maximum atomic E-state index is 12.5. The largest absolute Gasteiger partial charge is 0.467 e. The smallest absolute Gasteiger partial charge is 0.328 e. The summed E-state index contributed by atoms with van der Waals surface area (Å²) in [5.41, 5.74) is -0.647. The molecule has 1 aliphatic heterocycles. The summed E-state index contributed by atoms with van der Waals surface area (Å²) in [6.07, 6.45) is 4.48. The predicted octanol–water partition coefficient (Wildman–Crippen LogP) is 2.51. The molecule has 0 atom stereocenters. The van der Waals surface area contributed by atoms with Crippen molar-refractivity contribution in [3.63, 3.8) is 0 Å². The summed E-state index contributed by atoms with van der Waals surface area (Å²) in [6, 6.07) is 12.4. The number of aromatic nitrogens is 4. The molecule has 0 saturated carbocycles. The van der Waals surface area contributed by atoms with Crippen molar-refractivity contribution in [2.75, 3.05) is 13.7 Å². The van der Waals surface area contributed by atoms with Gasteiger partial charge in [0.2, 0.25) is 5.89 Å². The topological polar surface area (TPSA) is 168 Å². The van der Waals surface area contributed by atoms with Crippen LogP contribution in [0.3, 0.4) is 0 Å². The third-order valence-corrected chi connectivity index (χ3v) is 5.53. The van der Waals surface area contributed by atoms with Crippen molar-refractivity contribution in [1.82, 2.24) is 30.8 Å². The minimum Gasteiger partial charge on any atom is -0.467 e. The lowest BCUT2D eigenvalue weighted by molar-refractivity contribution is -0.153. The number of nitrogens with one attached hydrogen (secondary N) is 2. The number of barbiturate groups is 1. The quantitative estimate of drug-likeness (QED) is 0.314. The highest BCUT2D eigenvalue weighted by molar-refractivity contribution is 6.21. The summed E-state index contributed by atoms with van der Waals surface area (Å²) >= 11 is 0. The highest BCUT2D eigenvalue weighted by atomic mass is 16.5. The number of hydrogen-bond donors (Lipinski definition) is 2. The third-order valence-electron chi connectivity index (χ3n) is 5.53. The zero-order valence-corrected chi connectivity index (χ0v) is 19.9. The number of carbonyl (C=O) groups is 3. The van der Waals surface area contributed by atoms with Crippen LogP contribution in [-0.4, -0.2) is 57.3 Å². The van der Waals surface area contributed by atoms with E-state index in [0.717, 1.165) is 0 Å². The molecule has 13 nitrogen and oxygen atoms in total. The maximum absolute atomic E-state index is 12.5. The molecule has 38 heavy (non-hydrogen) atoms. The molecule has 2 aromatic carbocycles. The molecule has 0 spiro atoms. The van der Waals surface area contributed by atoms with Gasteiger partial charge in [0.25, 0.3) is 23.3 Å². The third kappa shape index (κ3) is 5.03. The van der Waals surface area contributed by atoms with Crippen LogP contribution < -0.4 is 20.1 Å². The van der Waals surface area contributed by atoms with Crippen molar-refractivity contribution in [2.45, 2.75) is 12.0 Å². The molecule has 4 amide bonds. The number of imide groups is 2. The number of nitrogens with zero attached hydrogens (tertiary/aromatic N) is 4. The number of ether oxygens (including phenoxy) is 3. The standard InChI is InChI=1S/C25H20N6O7/c1-35-11-10-25(22(32)28-24(34)29-23(25)33)38-19-8-6-18(7-9-19)36-17-4-2-15(3-5-17)20-30-31-21(37-20)16-12-26-14-27-13-16/h2-9,12-14H,10-11H2,1H3,(H2,28,29,32,33,34). The molecule has 0 bridgehead atoms. The Morgan fingerprint density at radius 1 is 0.789 bits per heavy atom. The number of amides is 4. The molecule has 1 saturated heterocycles. The van der Waals surface area contributed by atoms with Crippen LogP contribution >= 0.6 is 0 Å². The molecule has 1 aliphatic rings. The Kier molecular flexibility index (Phi) is 6.74. The van der Waals surface area contributed by atoms with Crippen molar-refractivity contribution in [3.05, 3.63) is 67.3 Å². The molecule has 2 aromatic heterocycles. The number of hydrogen-bond acceptors (Lipinski definition) is 11. The van der Waals surface area contributed by atoms with Gasteiger partial charge in [0.05, 0.1) is 12.2 Å². The van der Waals surface area contributed by atoms with E-state index in [9.17, 15) is 14.4 Å². The Labute approximate surface area is 215 Å².